The maximum atomic E-state index is 12.5. The second-order valence-electron chi connectivity index (χ2n) is 7.24. The molecule has 0 bridgehead atoms. The Labute approximate surface area is 171 Å². The molecule has 0 fully saturated rings. The number of carbonyl (C=O) groups is 1. The minimum absolute atomic E-state index is 0.0343. The Bertz CT molecular complexity index is 917. The van der Waals surface area contributed by atoms with Crippen molar-refractivity contribution in [1.82, 2.24) is 10.2 Å². The molecule has 3 N–H and O–H groups in total. The summed E-state index contributed by atoms with van der Waals surface area (Å²) in [4.78, 5) is 15.6. The van der Waals surface area contributed by atoms with Crippen molar-refractivity contribution in [2.45, 2.75) is 26.3 Å². The first-order valence-corrected chi connectivity index (χ1v) is 10.6. The summed E-state index contributed by atoms with van der Waals surface area (Å²) >= 11 is 1.57. The normalized spacial score (nSPS) is 11.3. The average molecular weight is 396 g/mol. The molecule has 1 amide bonds. The van der Waals surface area contributed by atoms with Crippen molar-refractivity contribution in [3.8, 4) is 0 Å². The Balaban J connectivity index is 1.40. The van der Waals surface area contributed by atoms with Crippen LogP contribution in [-0.2, 0) is 13.0 Å². The van der Waals surface area contributed by atoms with E-state index >= 15 is 0 Å². The number of aryl methyl sites for hydroxylation is 2. The van der Waals surface area contributed by atoms with Gasteiger partial charge in [0, 0.05) is 24.3 Å². The Hall–Kier alpha value is -2.21. The predicted octanol–water partition coefficient (Wildman–Crippen LogP) is 3.96. The highest BCUT2D eigenvalue weighted by atomic mass is 32.1. The number of hydrogen-bond acceptors (Lipinski definition) is 4. The summed E-state index contributed by atoms with van der Waals surface area (Å²) in [5, 5.41) is 4.25. The summed E-state index contributed by atoms with van der Waals surface area (Å²) < 4.78 is 1.17. The van der Waals surface area contributed by atoms with Gasteiger partial charge in [-0.15, -0.1) is 11.3 Å². The van der Waals surface area contributed by atoms with Crippen molar-refractivity contribution in [2.24, 2.45) is 5.73 Å². The number of likely N-dealkylation sites (N-methyl/N-ethyl adjacent to an activating group) is 1. The lowest BCUT2D eigenvalue weighted by atomic mass is 10.1. The van der Waals surface area contributed by atoms with Crippen LogP contribution in [0.25, 0.3) is 10.1 Å². The molecule has 0 aliphatic rings. The van der Waals surface area contributed by atoms with Crippen molar-refractivity contribution in [1.29, 1.82) is 0 Å². The number of fused-ring (bicyclic) bond motifs is 1. The van der Waals surface area contributed by atoms with Gasteiger partial charge in [0.1, 0.15) is 0 Å². The highest BCUT2D eigenvalue weighted by Crippen LogP contribution is 2.30. The molecule has 3 aromatic rings. The molecule has 0 aliphatic carbocycles. The third-order valence-corrected chi connectivity index (χ3v) is 6.36. The van der Waals surface area contributed by atoms with E-state index in [1.54, 1.807) is 11.3 Å². The minimum Gasteiger partial charge on any atom is -0.350 e. The molecule has 4 nitrogen and oxygen atoms in total. The van der Waals surface area contributed by atoms with Crippen LogP contribution >= 0.6 is 11.3 Å². The van der Waals surface area contributed by atoms with Crippen LogP contribution in [0.2, 0.25) is 0 Å². The van der Waals surface area contributed by atoms with E-state index < -0.39 is 0 Å². The topological polar surface area (TPSA) is 58.4 Å². The summed E-state index contributed by atoms with van der Waals surface area (Å²) in [7, 11) is 2.11. The van der Waals surface area contributed by atoms with Crippen LogP contribution in [0.4, 0.5) is 0 Å². The van der Waals surface area contributed by atoms with Crippen LogP contribution in [-0.4, -0.2) is 37.5 Å². The number of thiophene rings is 1. The molecule has 0 unspecified atom stereocenters. The van der Waals surface area contributed by atoms with Crippen molar-refractivity contribution in [3.63, 3.8) is 0 Å². The second kappa shape index (κ2) is 9.82. The van der Waals surface area contributed by atoms with Gasteiger partial charge in [-0.3, -0.25) is 4.79 Å². The van der Waals surface area contributed by atoms with Gasteiger partial charge in [-0.25, -0.2) is 0 Å². The summed E-state index contributed by atoms with van der Waals surface area (Å²) in [6, 6.07) is 16.7. The van der Waals surface area contributed by atoms with Crippen LogP contribution in [0.15, 0.2) is 48.5 Å². The van der Waals surface area contributed by atoms with Crippen molar-refractivity contribution >= 4 is 27.3 Å². The van der Waals surface area contributed by atoms with Crippen LogP contribution < -0.4 is 11.1 Å². The molecular formula is C23H29N3OS. The number of rotatable bonds is 9. The molecule has 0 radical (unpaired) electrons. The van der Waals surface area contributed by atoms with Crippen LogP contribution in [0.1, 0.15) is 32.8 Å². The monoisotopic (exact) mass is 395 g/mol. The number of nitrogens with two attached hydrogens (primary N) is 1. The molecule has 28 heavy (non-hydrogen) atoms. The third-order valence-electron chi connectivity index (χ3n) is 5.09. The molecule has 2 aromatic carbocycles. The summed E-state index contributed by atoms with van der Waals surface area (Å²) in [5.74, 6) is 0.0343. The fourth-order valence-electron chi connectivity index (χ4n) is 3.34. The molecule has 0 saturated carbocycles. The van der Waals surface area contributed by atoms with Crippen molar-refractivity contribution < 1.29 is 4.79 Å². The lowest BCUT2D eigenvalue weighted by molar-refractivity contribution is 0.0953. The van der Waals surface area contributed by atoms with E-state index in [1.165, 1.54) is 21.2 Å². The van der Waals surface area contributed by atoms with Crippen LogP contribution in [0.5, 0.6) is 0 Å². The molecule has 3 rings (SSSR count). The van der Waals surface area contributed by atoms with Gasteiger partial charge in [-0.2, -0.15) is 0 Å². The predicted molar refractivity (Wildman–Crippen MR) is 119 cm³/mol. The molecule has 0 saturated heterocycles. The first kappa shape index (κ1) is 20.5. The largest absolute Gasteiger partial charge is 0.350 e. The van der Waals surface area contributed by atoms with Gasteiger partial charge in [-0.05, 0) is 61.5 Å². The quantitative estimate of drug-likeness (QED) is 0.576. The summed E-state index contributed by atoms with van der Waals surface area (Å²) in [6.07, 6.45) is 2.16. The fraction of sp³-hybridized carbons (Fsp3) is 0.348. The Morgan fingerprint density at radius 3 is 2.50 bits per heavy atom. The molecular weight excluding hydrogens is 366 g/mol. The first-order chi connectivity index (χ1) is 13.6. The molecule has 5 heteroatoms. The molecule has 0 aliphatic heterocycles. The second-order valence-corrected chi connectivity index (χ2v) is 8.29. The number of carbonyl (C=O) groups excluding carboxylic acids is 1. The van der Waals surface area contributed by atoms with E-state index in [0.29, 0.717) is 13.1 Å². The van der Waals surface area contributed by atoms with Crippen LogP contribution in [0, 0.1) is 6.92 Å². The summed E-state index contributed by atoms with van der Waals surface area (Å²) in [5.41, 5.74) is 9.23. The third kappa shape index (κ3) is 5.19. The smallest absolute Gasteiger partial charge is 0.261 e. The lowest BCUT2D eigenvalue weighted by Crippen LogP contribution is -2.33. The van der Waals surface area contributed by atoms with E-state index in [0.717, 1.165) is 36.4 Å². The van der Waals surface area contributed by atoms with Crippen LogP contribution in [0.3, 0.4) is 0 Å². The Kier molecular flexibility index (Phi) is 7.20. The maximum absolute atomic E-state index is 12.5. The van der Waals surface area contributed by atoms with E-state index in [2.05, 4.69) is 53.7 Å². The highest BCUT2D eigenvalue weighted by Gasteiger charge is 2.14. The standard InChI is InChI=1S/C23H29N3OS/c1-17-20-7-3-4-8-21(20)28-22(17)23(27)25-13-15-26(2)14-5-6-18-9-11-19(16-24)12-10-18/h3-4,7-12H,5-6,13-16,24H2,1-2H3,(H,25,27). The Morgan fingerprint density at radius 2 is 1.79 bits per heavy atom. The van der Waals surface area contributed by atoms with Gasteiger partial charge >= 0.3 is 0 Å². The van der Waals surface area contributed by atoms with E-state index in [-0.39, 0.29) is 5.91 Å². The maximum Gasteiger partial charge on any atom is 0.261 e. The first-order valence-electron chi connectivity index (χ1n) is 9.81. The highest BCUT2D eigenvalue weighted by molar-refractivity contribution is 7.21. The SMILES string of the molecule is Cc1c(C(=O)NCCN(C)CCCc2ccc(CN)cc2)sc2ccccc12. The lowest BCUT2D eigenvalue weighted by Gasteiger charge is -2.16. The van der Waals surface area contributed by atoms with Gasteiger partial charge in [0.05, 0.1) is 4.88 Å². The number of nitrogens with zero attached hydrogens (tertiary/aromatic N) is 1. The fourth-order valence-corrected chi connectivity index (χ4v) is 4.46. The molecule has 1 aromatic heterocycles. The van der Waals surface area contributed by atoms with Gasteiger partial charge in [0.15, 0.2) is 0 Å². The van der Waals surface area contributed by atoms with Crippen molar-refractivity contribution in [2.75, 3.05) is 26.7 Å². The molecule has 0 spiro atoms. The molecule has 0 atom stereocenters. The van der Waals surface area contributed by atoms with Gasteiger partial charge in [0.25, 0.3) is 5.91 Å². The van der Waals surface area contributed by atoms with Gasteiger partial charge in [-0.1, -0.05) is 42.5 Å². The number of hydrogen-bond donors (Lipinski definition) is 2. The summed E-state index contributed by atoms with van der Waals surface area (Å²) in [6.45, 7) is 5.14. The van der Waals surface area contributed by atoms with E-state index in [4.69, 9.17) is 5.73 Å². The minimum atomic E-state index is 0.0343. The Morgan fingerprint density at radius 1 is 1.07 bits per heavy atom. The number of amides is 1. The van der Waals surface area contributed by atoms with Gasteiger partial charge in [0.2, 0.25) is 0 Å². The van der Waals surface area contributed by atoms with Crippen molar-refractivity contribution in [3.05, 3.63) is 70.1 Å². The number of nitrogens with one attached hydrogen (secondary N) is 1. The molecule has 148 valence electrons. The number of benzene rings is 2. The average Bonchev–Trinajstić information content (AvgIpc) is 3.05. The zero-order valence-corrected chi connectivity index (χ0v) is 17.5. The van der Waals surface area contributed by atoms with Gasteiger partial charge < -0.3 is 16.0 Å². The zero-order valence-electron chi connectivity index (χ0n) is 16.7. The molecule has 1 heterocycles. The van der Waals surface area contributed by atoms with E-state index in [9.17, 15) is 4.79 Å². The van der Waals surface area contributed by atoms with E-state index in [1.807, 2.05) is 19.1 Å². The zero-order chi connectivity index (χ0) is 19.9.